The van der Waals surface area contributed by atoms with Crippen molar-refractivity contribution in [2.75, 3.05) is 13.2 Å². The van der Waals surface area contributed by atoms with Crippen LogP contribution in [0.4, 0.5) is 0 Å². The Bertz CT molecular complexity index is 1010. The van der Waals surface area contributed by atoms with E-state index in [2.05, 4.69) is 10.9 Å². The van der Waals surface area contributed by atoms with Crippen molar-refractivity contribution < 1.29 is 19.1 Å². The summed E-state index contributed by atoms with van der Waals surface area (Å²) in [5, 5.41) is 0. The van der Waals surface area contributed by atoms with Crippen molar-refractivity contribution >= 4 is 11.8 Å². The summed E-state index contributed by atoms with van der Waals surface area (Å²) in [6.45, 7) is 4.13. The molecule has 0 fully saturated rings. The minimum absolute atomic E-state index is 0.200. The first-order chi connectivity index (χ1) is 15.0. The molecule has 0 saturated heterocycles. The predicted octanol–water partition coefficient (Wildman–Crippen LogP) is 3.76. The van der Waals surface area contributed by atoms with Crippen LogP contribution in [-0.4, -0.2) is 25.0 Å². The fourth-order valence-corrected chi connectivity index (χ4v) is 3.06. The van der Waals surface area contributed by atoms with Crippen LogP contribution in [-0.2, 0) is 11.2 Å². The molecule has 3 aromatic carbocycles. The number of ether oxygens (including phenoxy) is 2. The number of nitrogens with one attached hydrogen (secondary N) is 2. The minimum Gasteiger partial charge on any atom is -0.493 e. The van der Waals surface area contributed by atoms with E-state index in [1.807, 2.05) is 62.4 Å². The van der Waals surface area contributed by atoms with Gasteiger partial charge in [0.15, 0.2) is 6.61 Å². The molecular formula is C25H26N2O4. The summed E-state index contributed by atoms with van der Waals surface area (Å²) in [5.41, 5.74) is 8.23. The van der Waals surface area contributed by atoms with Crippen LogP contribution in [0.2, 0.25) is 0 Å². The minimum atomic E-state index is -0.453. The standard InChI is InChI=1S/C25H26N2O4/c1-18-8-6-9-19(2)24(18)31-17-23(28)26-27-25(29)21-12-7-13-22(16-21)30-15-14-20-10-4-3-5-11-20/h3-13,16H,14-15,17H2,1-2H3,(H,26,28)(H,27,29). The van der Waals surface area contributed by atoms with Crippen LogP contribution in [0, 0.1) is 13.8 Å². The molecule has 31 heavy (non-hydrogen) atoms. The fraction of sp³-hybridized carbons (Fsp3) is 0.200. The van der Waals surface area contributed by atoms with Gasteiger partial charge in [0, 0.05) is 12.0 Å². The van der Waals surface area contributed by atoms with Crippen molar-refractivity contribution in [1.29, 1.82) is 0 Å². The SMILES string of the molecule is Cc1cccc(C)c1OCC(=O)NNC(=O)c1cccc(OCCc2ccccc2)c1. The maximum Gasteiger partial charge on any atom is 0.276 e. The van der Waals surface area contributed by atoms with Crippen molar-refractivity contribution in [2.24, 2.45) is 0 Å². The number of carbonyl (C=O) groups is 2. The van der Waals surface area contributed by atoms with Crippen molar-refractivity contribution in [2.45, 2.75) is 20.3 Å². The molecular weight excluding hydrogens is 392 g/mol. The van der Waals surface area contributed by atoms with Gasteiger partial charge in [0.1, 0.15) is 11.5 Å². The van der Waals surface area contributed by atoms with Crippen LogP contribution >= 0.6 is 0 Å². The highest BCUT2D eigenvalue weighted by Gasteiger charge is 2.10. The summed E-state index contributed by atoms with van der Waals surface area (Å²) in [7, 11) is 0. The largest absolute Gasteiger partial charge is 0.493 e. The zero-order valence-corrected chi connectivity index (χ0v) is 17.7. The molecule has 0 radical (unpaired) electrons. The van der Waals surface area contributed by atoms with E-state index in [0.29, 0.717) is 23.7 Å². The van der Waals surface area contributed by atoms with Gasteiger partial charge in [-0.3, -0.25) is 20.4 Å². The topological polar surface area (TPSA) is 76.7 Å². The van der Waals surface area contributed by atoms with Gasteiger partial charge < -0.3 is 9.47 Å². The van der Waals surface area contributed by atoms with E-state index in [1.54, 1.807) is 24.3 Å². The van der Waals surface area contributed by atoms with E-state index >= 15 is 0 Å². The number of rotatable bonds is 8. The maximum absolute atomic E-state index is 12.4. The predicted molar refractivity (Wildman–Crippen MR) is 119 cm³/mol. The number of para-hydroxylation sites is 1. The molecule has 0 spiro atoms. The Morgan fingerprint density at radius 3 is 2.26 bits per heavy atom. The number of amides is 2. The third kappa shape index (κ3) is 6.60. The number of benzene rings is 3. The van der Waals surface area contributed by atoms with E-state index in [4.69, 9.17) is 9.47 Å². The Labute approximate surface area is 182 Å². The molecule has 160 valence electrons. The van der Waals surface area contributed by atoms with Gasteiger partial charge in [-0.15, -0.1) is 0 Å². The second-order valence-electron chi connectivity index (χ2n) is 7.12. The van der Waals surface area contributed by atoms with Gasteiger partial charge in [-0.1, -0.05) is 54.6 Å². The van der Waals surface area contributed by atoms with Gasteiger partial charge in [-0.05, 0) is 48.7 Å². The molecule has 0 aliphatic rings. The second kappa shape index (κ2) is 10.8. The molecule has 6 heteroatoms. The van der Waals surface area contributed by atoms with Crippen molar-refractivity contribution in [1.82, 2.24) is 10.9 Å². The lowest BCUT2D eigenvalue weighted by molar-refractivity contribution is -0.123. The molecule has 3 aromatic rings. The Hall–Kier alpha value is -3.80. The normalized spacial score (nSPS) is 10.3. The van der Waals surface area contributed by atoms with Gasteiger partial charge in [0.05, 0.1) is 6.61 Å². The summed E-state index contributed by atoms with van der Waals surface area (Å²) in [5.74, 6) is 0.373. The Morgan fingerprint density at radius 1 is 0.806 bits per heavy atom. The van der Waals surface area contributed by atoms with Crippen LogP contribution in [0.3, 0.4) is 0 Å². The van der Waals surface area contributed by atoms with Gasteiger partial charge >= 0.3 is 0 Å². The van der Waals surface area contributed by atoms with Crippen LogP contribution in [0.1, 0.15) is 27.0 Å². The molecule has 0 heterocycles. The number of aryl methyl sites for hydroxylation is 2. The molecule has 6 nitrogen and oxygen atoms in total. The molecule has 0 aliphatic heterocycles. The summed E-state index contributed by atoms with van der Waals surface area (Å²) >= 11 is 0. The molecule has 2 amide bonds. The van der Waals surface area contributed by atoms with E-state index in [0.717, 1.165) is 17.5 Å². The van der Waals surface area contributed by atoms with Crippen LogP contribution in [0.5, 0.6) is 11.5 Å². The third-order valence-electron chi connectivity index (χ3n) is 4.67. The molecule has 3 rings (SSSR count). The van der Waals surface area contributed by atoms with Crippen molar-refractivity contribution in [3.8, 4) is 11.5 Å². The van der Waals surface area contributed by atoms with E-state index in [9.17, 15) is 9.59 Å². The maximum atomic E-state index is 12.4. The van der Waals surface area contributed by atoms with Gasteiger partial charge in [-0.2, -0.15) is 0 Å². The number of hydrogen-bond donors (Lipinski definition) is 2. The van der Waals surface area contributed by atoms with Crippen LogP contribution in [0.15, 0.2) is 72.8 Å². The van der Waals surface area contributed by atoms with Gasteiger partial charge in [0.2, 0.25) is 0 Å². The van der Waals surface area contributed by atoms with E-state index in [1.165, 1.54) is 5.56 Å². The Morgan fingerprint density at radius 2 is 1.52 bits per heavy atom. The average Bonchev–Trinajstić information content (AvgIpc) is 2.78. The number of hydrazine groups is 1. The van der Waals surface area contributed by atoms with Crippen LogP contribution < -0.4 is 20.3 Å². The molecule has 0 atom stereocenters. The first kappa shape index (κ1) is 21.9. The molecule has 0 unspecified atom stereocenters. The summed E-state index contributed by atoms with van der Waals surface area (Å²) in [6, 6.07) is 22.6. The summed E-state index contributed by atoms with van der Waals surface area (Å²) in [4.78, 5) is 24.4. The average molecular weight is 418 g/mol. The number of carbonyl (C=O) groups excluding carboxylic acids is 2. The quantitative estimate of drug-likeness (QED) is 0.546. The first-order valence-electron chi connectivity index (χ1n) is 10.1. The highest BCUT2D eigenvalue weighted by Crippen LogP contribution is 2.22. The Balaban J connectivity index is 1.45. The fourth-order valence-electron chi connectivity index (χ4n) is 3.06. The molecule has 0 aromatic heterocycles. The lowest BCUT2D eigenvalue weighted by Crippen LogP contribution is -2.43. The molecule has 2 N–H and O–H groups in total. The second-order valence-corrected chi connectivity index (χ2v) is 7.12. The summed E-state index contributed by atoms with van der Waals surface area (Å²) < 4.78 is 11.3. The lowest BCUT2D eigenvalue weighted by Gasteiger charge is -2.12. The molecule has 0 bridgehead atoms. The highest BCUT2D eigenvalue weighted by molar-refractivity contribution is 5.95. The van der Waals surface area contributed by atoms with E-state index < -0.39 is 11.8 Å². The Kier molecular flexibility index (Phi) is 7.65. The smallest absolute Gasteiger partial charge is 0.276 e. The zero-order valence-electron chi connectivity index (χ0n) is 17.7. The van der Waals surface area contributed by atoms with Crippen molar-refractivity contribution in [3.63, 3.8) is 0 Å². The first-order valence-corrected chi connectivity index (χ1v) is 10.1. The zero-order chi connectivity index (χ0) is 22.1. The highest BCUT2D eigenvalue weighted by atomic mass is 16.5. The lowest BCUT2D eigenvalue weighted by atomic mass is 10.1. The third-order valence-corrected chi connectivity index (χ3v) is 4.67. The van der Waals surface area contributed by atoms with Crippen molar-refractivity contribution in [3.05, 3.63) is 95.1 Å². The van der Waals surface area contributed by atoms with Gasteiger partial charge in [-0.25, -0.2) is 0 Å². The van der Waals surface area contributed by atoms with Gasteiger partial charge in [0.25, 0.3) is 11.8 Å². The summed E-state index contributed by atoms with van der Waals surface area (Å²) in [6.07, 6.45) is 0.772. The van der Waals surface area contributed by atoms with Crippen LogP contribution in [0.25, 0.3) is 0 Å². The molecule has 0 aliphatic carbocycles. The monoisotopic (exact) mass is 418 g/mol. The number of hydrogen-bond acceptors (Lipinski definition) is 4. The molecule has 0 saturated carbocycles. The van der Waals surface area contributed by atoms with E-state index in [-0.39, 0.29) is 6.61 Å².